The zero-order valence-electron chi connectivity index (χ0n) is 10.1. The van der Waals surface area contributed by atoms with Crippen molar-refractivity contribution in [2.45, 2.75) is 13.0 Å². The number of amides is 1. The van der Waals surface area contributed by atoms with Crippen molar-refractivity contribution >= 4 is 28.5 Å². The average Bonchev–Trinajstić information content (AvgIpc) is 2.41. The van der Waals surface area contributed by atoms with Crippen LogP contribution in [0.25, 0.3) is 0 Å². The van der Waals surface area contributed by atoms with Gasteiger partial charge >= 0.3 is 0 Å². The molecule has 0 aromatic heterocycles. The second-order valence-corrected chi connectivity index (χ2v) is 5.36. The Morgan fingerprint density at radius 3 is 3.11 bits per heavy atom. The third kappa shape index (κ3) is 2.49. The van der Waals surface area contributed by atoms with E-state index in [9.17, 15) is 4.79 Å². The topological polar surface area (TPSA) is 56.1 Å². The molecule has 2 rings (SSSR count). The van der Waals surface area contributed by atoms with Crippen LogP contribution in [0.15, 0.2) is 18.2 Å². The van der Waals surface area contributed by atoms with Gasteiger partial charge in [0.25, 0.3) is 5.91 Å². The van der Waals surface area contributed by atoms with Crippen molar-refractivity contribution in [3.8, 4) is 6.07 Å². The maximum Gasteiger partial charge on any atom is 0.256 e. The first-order chi connectivity index (χ1) is 8.65. The summed E-state index contributed by atoms with van der Waals surface area (Å²) in [4.78, 5) is 14.1. The number of nitrogens with zero attached hydrogens (tertiary/aromatic N) is 2. The zero-order valence-corrected chi connectivity index (χ0v) is 12.3. The van der Waals surface area contributed by atoms with Gasteiger partial charge in [-0.25, -0.2) is 0 Å². The number of rotatable bonds is 1. The van der Waals surface area contributed by atoms with Gasteiger partial charge in [0.1, 0.15) is 6.04 Å². The highest BCUT2D eigenvalue weighted by Crippen LogP contribution is 2.19. The van der Waals surface area contributed by atoms with E-state index in [1.54, 1.807) is 4.90 Å². The SMILES string of the molecule is Cc1cccc(C(=O)N2CCNCC2C#N)c1I. The van der Waals surface area contributed by atoms with E-state index in [1.807, 2.05) is 25.1 Å². The van der Waals surface area contributed by atoms with Crippen molar-refractivity contribution < 1.29 is 4.79 Å². The summed E-state index contributed by atoms with van der Waals surface area (Å²) in [5.41, 5.74) is 1.78. The summed E-state index contributed by atoms with van der Waals surface area (Å²) in [6.07, 6.45) is 0. The summed E-state index contributed by atoms with van der Waals surface area (Å²) in [5.74, 6) is -0.0452. The van der Waals surface area contributed by atoms with Crippen molar-refractivity contribution in [1.29, 1.82) is 5.26 Å². The van der Waals surface area contributed by atoms with Crippen molar-refractivity contribution in [3.63, 3.8) is 0 Å². The maximum atomic E-state index is 12.5. The fraction of sp³-hybridized carbons (Fsp3) is 0.385. The summed E-state index contributed by atoms with van der Waals surface area (Å²) in [7, 11) is 0. The van der Waals surface area contributed by atoms with Gasteiger partial charge in [0.15, 0.2) is 0 Å². The van der Waals surface area contributed by atoms with Crippen LogP contribution in [0.5, 0.6) is 0 Å². The van der Waals surface area contributed by atoms with E-state index in [4.69, 9.17) is 5.26 Å². The molecule has 0 saturated carbocycles. The molecule has 1 aliphatic rings. The number of hydrogen-bond acceptors (Lipinski definition) is 3. The first kappa shape index (κ1) is 13.3. The number of carbonyl (C=O) groups is 1. The van der Waals surface area contributed by atoms with Gasteiger partial charge in [-0.15, -0.1) is 0 Å². The van der Waals surface area contributed by atoms with Gasteiger partial charge in [-0.1, -0.05) is 12.1 Å². The van der Waals surface area contributed by atoms with E-state index >= 15 is 0 Å². The molecule has 0 bridgehead atoms. The Hall–Kier alpha value is -1.13. The smallest absolute Gasteiger partial charge is 0.256 e. The highest BCUT2D eigenvalue weighted by atomic mass is 127. The van der Waals surface area contributed by atoms with Crippen molar-refractivity contribution in [1.82, 2.24) is 10.2 Å². The van der Waals surface area contributed by atoms with Gasteiger partial charge < -0.3 is 10.2 Å². The van der Waals surface area contributed by atoms with Crippen molar-refractivity contribution in [2.75, 3.05) is 19.6 Å². The molecule has 18 heavy (non-hydrogen) atoms. The van der Waals surface area contributed by atoms with E-state index < -0.39 is 0 Å². The molecule has 0 spiro atoms. The summed E-state index contributed by atoms with van der Waals surface area (Å²) in [6.45, 7) is 3.86. The largest absolute Gasteiger partial charge is 0.320 e. The Morgan fingerprint density at radius 1 is 1.61 bits per heavy atom. The number of carbonyl (C=O) groups excluding carboxylic acids is 1. The lowest BCUT2D eigenvalue weighted by Crippen LogP contribution is -2.53. The summed E-state index contributed by atoms with van der Waals surface area (Å²) in [6, 6.07) is 7.50. The lowest BCUT2D eigenvalue weighted by molar-refractivity contribution is 0.0686. The number of halogens is 1. The molecule has 5 heteroatoms. The number of nitrogens with one attached hydrogen (secondary N) is 1. The predicted octanol–water partition coefficient (Wildman–Crippen LogP) is 1.54. The molecule has 1 fully saturated rings. The van der Waals surface area contributed by atoms with Gasteiger partial charge in [0.05, 0.1) is 11.6 Å². The summed E-state index contributed by atoms with van der Waals surface area (Å²) < 4.78 is 0.968. The van der Waals surface area contributed by atoms with E-state index in [0.717, 1.165) is 15.7 Å². The second-order valence-electron chi connectivity index (χ2n) is 4.28. The molecular formula is C13H14IN3O. The minimum Gasteiger partial charge on any atom is -0.320 e. The van der Waals surface area contributed by atoms with Crippen LogP contribution in [0, 0.1) is 21.8 Å². The molecular weight excluding hydrogens is 341 g/mol. The lowest BCUT2D eigenvalue weighted by atomic mass is 10.1. The van der Waals surface area contributed by atoms with E-state index in [-0.39, 0.29) is 11.9 Å². The second kappa shape index (κ2) is 5.67. The third-order valence-corrected chi connectivity index (χ3v) is 4.51. The standard InChI is InChI=1S/C13H14IN3O/c1-9-3-2-4-11(12(9)14)13(18)17-6-5-16-8-10(17)7-15/h2-4,10,16H,5-6,8H2,1H3. The minimum absolute atomic E-state index is 0.0452. The highest BCUT2D eigenvalue weighted by Gasteiger charge is 2.28. The van der Waals surface area contributed by atoms with E-state index in [2.05, 4.69) is 34.0 Å². The van der Waals surface area contributed by atoms with Crippen LogP contribution in [0.1, 0.15) is 15.9 Å². The quantitative estimate of drug-likeness (QED) is 0.778. The molecule has 1 aromatic carbocycles. The van der Waals surface area contributed by atoms with Crippen LogP contribution < -0.4 is 5.32 Å². The predicted molar refractivity (Wildman–Crippen MR) is 77.2 cm³/mol. The van der Waals surface area contributed by atoms with Gasteiger partial charge in [-0.2, -0.15) is 5.26 Å². The van der Waals surface area contributed by atoms with Crippen LogP contribution >= 0.6 is 22.6 Å². The minimum atomic E-state index is -0.373. The summed E-state index contributed by atoms with van der Waals surface area (Å²) in [5, 5.41) is 12.2. The van der Waals surface area contributed by atoms with Gasteiger partial charge in [0.2, 0.25) is 0 Å². The molecule has 0 aliphatic carbocycles. The number of benzene rings is 1. The number of aryl methyl sites for hydroxylation is 1. The van der Waals surface area contributed by atoms with Gasteiger partial charge in [0, 0.05) is 23.2 Å². The molecule has 94 valence electrons. The maximum absolute atomic E-state index is 12.5. The van der Waals surface area contributed by atoms with Crippen LogP contribution in [-0.4, -0.2) is 36.5 Å². The van der Waals surface area contributed by atoms with E-state index in [0.29, 0.717) is 18.7 Å². The van der Waals surface area contributed by atoms with Crippen LogP contribution in [-0.2, 0) is 0 Å². The zero-order chi connectivity index (χ0) is 13.1. The average molecular weight is 355 g/mol. The molecule has 4 nitrogen and oxygen atoms in total. The molecule has 1 heterocycles. The van der Waals surface area contributed by atoms with Crippen LogP contribution in [0.2, 0.25) is 0 Å². The molecule has 1 unspecified atom stereocenters. The third-order valence-electron chi connectivity index (χ3n) is 3.08. The number of piperazine rings is 1. The number of nitriles is 1. The molecule has 1 aliphatic heterocycles. The molecule has 1 atom stereocenters. The molecule has 1 N–H and O–H groups in total. The molecule has 1 saturated heterocycles. The highest BCUT2D eigenvalue weighted by molar-refractivity contribution is 14.1. The summed E-state index contributed by atoms with van der Waals surface area (Å²) >= 11 is 2.19. The Balaban J connectivity index is 2.30. The van der Waals surface area contributed by atoms with Crippen molar-refractivity contribution in [2.24, 2.45) is 0 Å². The molecule has 1 aromatic rings. The number of hydrogen-bond donors (Lipinski definition) is 1. The van der Waals surface area contributed by atoms with Crippen LogP contribution in [0.3, 0.4) is 0 Å². The van der Waals surface area contributed by atoms with Crippen LogP contribution in [0.4, 0.5) is 0 Å². The van der Waals surface area contributed by atoms with Gasteiger partial charge in [-0.05, 0) is 41.1 Å². The van der Waals surface area contributed by atoms with Crippen molar-refractivity contribution in [3.05, 3.63) is 32.9 Å². The Bertz CT molecular complexity index is 509. The van der Waals surface area contributed by atoms with Gasteiger partial charge in [-0.3, -0.25) is 4.79 Å². The normalized spacial score (nSPS) is 19.4. The lowest BCUT2D eigenvalue weighted by Gasteiger charge is -2.32. The first-order valence-electron chi connectivity index (χ1n) is 5.81. The molecule has 0 radical (unpaired) electrons. The Labute approximate surface area is 120 Å². The Morgan fingerprint density at radius 2 is 2.39 bits per heavy atom. The fourth-order valence-corrected chi connectivity index (χ4v) is 2.62. The molecule has 1 amide bonds. The van der Waals surface area contributed by atoms with E-state index in [1.165, 1.54) is 0 Å². The first-order valence-corrected chi connectivity index (χ1v) is 6.89. The Kier molecular flexibility index (Phi) is 4.19. The monoisotopic (exact) mass is 355 g/mol. The fourth-order valence-electron chi connectivity index (χ4n) is 2.03.